The van der Waals surface area contributed by atoms with E-state index in [-0.39, 0.29) is 68.0 Å². The minimum Gasteiger partial charge on any atom is -0.475 e. The van der Waals surface area contributed by atoms with E-state index in [1.807, 2.05) is 30.3 Å². The summed E-state index contributed by atoms with van der Waals surface area (Å²) in [5.74, 6) is -10.6. The lowest BCUT2D eigenvalue weighted by atomic mass is 10.0. The van der Waals surface area contributed by atoms with Crippen molar-refractivity contribution in [2.45, 2.75) is 102 Å². The molecule has 0 aliphatic rings. The van der Waals surface area contributed by atoms with Crippen LogP contribution in [0.1, 0.15) is 64.4 Å². The molecule has 69 heavy (non-hydrogen) atoms. The first-order valence-electron chi connectivity index (χ1n) is 19.9. The number of carbonyl (C=O) groups excluding carboxylic acids is 4. The molecule has 0 spiro atoms. The van der Waals surface area contributed by atoms with Gasteiger partial charge in [0.15, 0.2) is 17.9 Å². The highest BCUT2D eigenvalue weighted by atomic mass is 19.4. The van der Waals surface area contributed by atoms with Gasteiger partial charge >= 0.3 is 36.4 Å². The summed E-state index contributed by atoms with van der Waals surface area (Å²) < 4.78 is 95.2. The van der Waals surface area contributed by atoms with Gasteiger partial charge in [0.2, 0.25) is 23.6 Å². The summed E-state index contributed by atoms with van der Waals surface area (Å²) in [7, 11) is 0. The number of unbranched alkanes of at least 4 members (excludes halogenated alkanes) is 2. The summed E-state index contributed by atoms with van der Waals surface area (Å²) in [6.45, 7) is 4.93. The second kappa shape index (κ2) is 34.0. The van der Waals surface area contributed by atoms with Crippen LogP contribution in [-0.4, -0.2) is 138 Å². The Hall–Kier alpha value is -7.31. The van der Waals surface area contributed by atoms with E-state index in [1.54, 1.807) is 13.8 Å². The number of carbonyl (C=O) groups is 7. The lowest BCUT2D eigenvalue weighted by Crippen LogP contribution is -2.58. The van der Waals surface area contributed by atoms with E-state index in [1.165, 1.54) is 0 Å². The number of nitrogens with one attached hydrogen (secondary N) is 4. The number of benzene rings is 1. The highest BCUT2D eigenvalue weighted by molar-refractivity contribution is 5.94. The number of carboxylic acid groups (broad SMARTS) is 3. The molecular formula is C37H58F9N13O10. The average Bonchev–Trinajstić information content (AvgIpc) is 3.21. The van der Waals surface area contributed by atoms with Gasteiger partial charge in [-0.25, -0.2) is 14.4 Å². The first-order chi connectivity index (χ1) is 31.6. The molecule has 0 bridgehead atoms. The van der Waals surface area contributed by atoms with Gasteiger partial charge in [0.1, 0.15) is 18.1 Å². The number of amides is 4. The molecule has 0 unspecified atom stereocenters. The van der Waals surface area contributed by atoms with Crippen LogP contribution in [0.25, 0.3) is 0 Å². The molecule has 23 nitrogen and oxygen atoms in total. The van der Waals surface area contributed by atoms with Crippen LogP contribution >= 0.6 is 0 Å². The topological polar surface area (TPSA) is 422 Å². The molecule has 0 aromatic heterocycles. The third-order valence-corrected chi connectivity index (χ3v) is 7.79. The van der Waals surface area contributed by atoms with Crippen molar-refractivity contribution in [3.8, 4) is 0 Å². The van der Waals surface area contributed by atoms with Gasteiger partial charge in [0, 0.05) is 26.2 Å². The summed E-state index contributed by atoms with van der Waals surface area (Å²) in [5.41, 5.74) is 33.1. The zero-order valence-corrected chi connectivity index (χ0v) is 37.1. The number of nitrogens with two attached hydrogens (primary N) is 6. The number of hydrogen-bond donors (Lipinski definition) is 13. The maximum atomic E-state index is 13.6. The Kier molecular flexibility index (Phi) is 32.6. The van der Waals surface area contributed by atoms with Crippen molar-refractivity contribution in [1.82, 2.24) is 21.3 Å². The summed E-state index contributed by atoms with van der Waals surface area (Å²) in [6.07, 6.45) is -11.7. The Balaban J connectivity index is -0.00000170. The number of aliphatic imine (C=N–C) groups is 3. The van der Waals surface area contributed by atoms with Crippen molar-refractivity contribution in [3.05, 3.63) is 35.9 Å². The van der Waals surface area contributed by atoms with Crippen LogP contribution in [0.5, 0.6) is 0 Å². The lowest BCUT2D eigenvalue weighted by molar-refractivity contribution is -0.193. The monoisotopic (exact) mass is 1020 g/mol. The summed E-state index contributed by atoms with van der Waals surface area (Å²) in [6, 6.07) is 6.22. The number of rotatable bonds is 23. The lowest BCUT2D eigenvalue weighted by Gasteiger charge is -2.27. The van der Waals surface area contributed by atoms with E-state index in [2.05, 4.69) is 36.2 Å². The number of alkyl halides is 9. The van der Waals surface area contributed by atoms with Gasteiger partial charge in [0.25, 0.3) is 0 Å². The minimum absolute atomic E-state index is 0.0321. The van der Waals surface area contributed by atoms with Gasteiger partial charge in [0.05, 0.1) is 6.42 Å². The van der Waals surface area contributed by atoms with Crippen LogP contribution in [0.2, 0.25) is 0 Å². The molecule has 1 aromatic rings. The Labute approximate surface area is 388 Å². The van der Waals surface area contributed by atoms with Gasteiger partial charge in [-0.3, -0.25) is 34.2 Å². The fraction of sp³-hybridized carbons (Fsp3) is 0.568. The van der Waals surface area contributed by atoms with Crippen molar-refractivity contribution >= 4 is 59.4 Å². The second-order valence-electron chi connectivity index (χ2n) is 14.0. The van der Waals surface area contributed by atoms with Crippen molar-refractivity contribution in [2.24, 2.45) is 55.3 Å². The first kappa shape index (κ1) is 66.0. The van der Waals surface area contributed by atoms with E-state index in [0.717, 1.165) is 18.4 Å². The molecule has 0 aliphatic heterocycles. The molecule has 32 heteroatoms. The molecule has 0 fully saturated rings. The van der Waals surface area contributed by atoms with Crippen LogP contribution in [0.3, 0.4) is 0 Å². The van der Waals surface area contributed by atoms with Gasteiger partial charge in [-0.05, 0) is 56.4 Å². The van der Waals surface area contributed by atoms with Crippen LogP contribution in [-0.2, 0) is 40.0 Å². The molecule has 0 heterocycles. The van der Waals surface area contributed by atoms with Gasteiger partial charge in [-0.2, -0.15) is 39.5 Å². The second-order valence-corrected chi connectivity index (χ2v) is 14.0. The highest BCUT2D eigenvalue weighted by Gasteiger charge is 2.39. The van der Waals surface area contributed by atoms with Crippen molar-refractivity contribution in [1.29, 1.82) is 0 Å². The molecule has 0 saturated heterocycles. The van der Waals surface area contributed by atoms with Crippen molar-refractivity contribution in [2.75, 3.05) is 26.2 Å². The maximum absolute atomic E-state index is 13.6. The van der Waals surface area contributed by atoms with E-state index >= 15 is 0 Å². The zero-order chi connectivity index (χ0) is 54.1. The Morgan fingerprint density at radius 3 is 1.28 bits per heavy atom. The summed E-state index contributed by atoms with van der Waals surface area (Å²) >= 11 is 0. The summed E-state index contributed by atoms with van der Waals surface area (Å²) in [4.78, 5) is 91.6. The van der Waals surface area contributed by atoms with Crippen molar-refractivity contribution < 1.29 is 88.4 Å². The van der Waals surface area contributed by atoms with Crippen LogP contribution in [0.15, 0.2) is 45.3 Å². The molecule has 3 atom stereocenters. The molecule has 1 rings (SSSR count). The molecule has 0 aliphatic carbocycles. The number of halogens is 9. The van der Waals surface area contributed by atoms with Gasteiger partial charge in [-0.15, -0.1) is 0 Å². The number of hydrogen-bond acceptors (Lipinski definition) is 10. The van der Waals surface area contributed by atoms with Crippen LogP contribution < -0.4 is 55.7 Å². The third-order valence-electron chi connectivity index (χ3n) is 7.79. The molecule has 19 N–H and O–H groups in total. The largest absolute Gasteiger partial charge is 0.490 e. The molecule has 394 valence electrons. The number of aliphatic carboxylic acids is 3. The number of nitrogens with zero attached hydrogens (tertiary/aromatic N) is 3. The SMILES string of the molecule is CC(C)[C@H](NC(=O)[C@H](CCCN=C(N)N)NC(=O)Cc1ccccc1)C(=O)N[C@@H](CCCN=C(N)N)C(=O)NCCCCCN=C(N)N.O=C(O)C(F)(F)F.O=C(O)C(F)(F)F.O=C(O)C(F)(F)F. The number of guanidine groups is 3. The van der Waals surface area contributed by atoms with E-state index < -0.39 is 66.4 Å². The van der Waals surface area contributed by atoms with Crippen molar-refractivity contribution in [3.63, 3.8) is 0 Å². The Morgan fingerprint density at radius 2 is 0.913 bits per heavy atom. The van der Waals surface area contributed by atoms with E-state index in [4.69, 9.17) is 64.1 Å². The predicted molar refractivity (Wildman–Crippen MR) is 229 cm³/mol. The smallest absolute Gasteiger partial charge is 0.475 e. The van der Waals surface area contributed by atoms with E-state index in [0.29, 0.717) is 32.4 Å². The average molecular weight is 1020 g/mol. The fourth-order valence-electron chi connectivity index (χ4n) is 4.58. The van der Waals surface area contributed by atoms with Gasteiger partial charge in [-0.1, -0.05) is 44.2 Å². The molecule has 0 saturated carbocycles. The Morgan fingerprint density at radius 1 is 0.536 bits per heavy atom. The third kappa shape index (κ3) is 37.5. The zero-order valence-electron chi connectivity index (χ0n) is 37.1. The minimum atomic E-state index is -5.08. The molecule has 4 amide bonds. The van der Waals surface area contributed by atoms with E-state index in [9.17, 15) is 58.7 Å². The fourth-order valence-corrected chi connectivity index (χ4v) is 4.58. The number of carboxylic acids is 3. The highest BCUT2D eigenvalue weighted by Crippen LogP contribution is 2.15. The van der Waals surface area contributed by atoms with Gasteiger partial charge < -0.3 is 71.0 Å². The normalized spacial score (nSPS) is 12.1. The predicted octanol–water partition coefficient (Wildman–Crippen LogP) is -0.0935. The molecular weight excluding hydrogens is 957 g/mol. The quantitative estimate of drug-likeness (QED) is 0.0295. The summed E-state index contributed by atoms with van der Waals surface area (Å²) in [5, 5.41) is 32.6. The Bertz CT molecular complexity index is 1780. The standard InChI is InChI=1S/C31H55N13O4.3C2HF3O2/c1-20(2)25(44-27(47)23(14-10-18-41-31(36)37)42-24(45)19-21-11-5-3-6-12-21)28(48)43-22(13-9-17-40-30(34)35)26(46)38-15-7-4-8-16-39-29(32)33;3*3-2(4,5)1(6)7/h3,5-6,11-12,20,22-23,25H,4,7-10,13-19H2,1-2H3,(H,38,46)(H,42,45)(H,43,48)(H,44,47)(H4,32,33,39)(H4,34,35,40)(H4,36,37,41);3*(H,6,7)/t22-,23-,25-;;;/m0.../s1. The van der Waals surface area contributed by atoms with Crippen LogP contribution in [0.4, 0.5) is 39.5 Å². The molecule has 0 radical (unpaired) electrons. The first-order valence-corrected chi connectivity index (χ1v) is 19.9. The van der Waals surface area contributed by atoms with Crippen LogP contribution in [0, 0.1) is 5.92 Å². The molecule has 1 aromatic carbocycles. The maximum Gasteiger partial charge on any atom is 0.490 e.